The standard InChI is InChI=1S/C7H15N5S2/c8-1-2-13-3-4-6(11)14-7(12-4)5(9)10/h12H,1-3,8-11H2. The van der Waals surface area contributed by atoms with Crippen LogP contribution in [-0.2, 0) is 0 Å². The third kappa shape index (κ3) is 2.93. The molecule has 0 aromatic heterocycles. The van der Waals surface area contributed by atoms with Crippen LogP contribution in [0.25, 0.3) is 0 Å². The zero-order valence-corrected chi connectivity index (χ0v) is 9.38. The van der Waals surface area contributed by atoms with Gasteiger partial charge >= 0.3 is 0 Å². The Kier molecular flexibility index (Phi) is 4.30. The molecule has 0 unspecified atom stereocenters. The molecule has 1 rings (SSSR count). The Morgan fingerprint density at radius 2 is 2.14 bits per heavy atom. The molecule has 7 heteroatoms. The Balaban J connectivity index is 2.47. The fraction of sp³-hybridized carbons (Fsp3) is 0.429. The van der Waals surface area contributed by atoms with Crippen molar-refractivity contribution in [1.82, 2.24) is 5.32 Å². The van der Waals surface area contributed by atoms with Crippen molar-refractivity contribution in [3.63, 3.8) is 0 Å². The SMILES string of the molecule is NCCSCC1=C(N)SC(=C(N)N)N1. The van der Waals surface area contributed by atoms with Crippen LogP contribution >= 0.6 is 23.5 Å². The zero-order chi connectivity index (χ0) is 10.6. The molecular formula is C7H15N5S2. The minimum Gasteiger partial charge on any atom is -0.392 e. The van der Waals surface area contributed by atoms with Gasteiger partial charge in [0.25, 0.3) is 0 Å². The van der Waals surface area contributed by atoms with Gasteiger partial charge in [0.1, 0.15) is 10.9 Å². The van der Waals surface area contributed by atoms with Crippen LogP contribution in [0, 0.1) is 0 Å². The van der Waals surface area contributed by atoms with Gasteiger partial charge in [-0.15, -0.1) is 0 Å². The van der Waals surface area contributed by atoms with Crippen molar-refractivity contribution in [2.75, 3.05) is 18.1 Å². The van der Waals surface area contributed by atoms with Gasteiger partial charge in [-0.05, 0) is 11.8 Å². The molecule has 0 fully saturated rings. The Labute approximate surface area is 91.7 Å². The molecule has 0 aromatic rings. The molecule has 0 aliphatic carbocycles. The molecule has 0 saturated heterocycles. The maximum Gasteiger partial charge on any atom is 0.125 e. The molecule has 0 bridgehead atoms. The van der Waals surface area contributed by atoms with E-state index in [1.54, 1.807) is 11.8 Å². The molecule has 1 aliphatic rings. The molecule has 0 saturated carbocycles. The van der Waals surface area contributed by atoms with Crippen LogP contribution in [-0.4, -0.2) is 18.1 Å². The molecule has 80 valence electrons. The first kappa shape index (κ1) is 11.4. The van der Waals surface area contributed by atoms with Crippen molar-refractivity contribution in [3.05, 3.63) is 21.6 Å². The minimum atomic E-state index is 0.275. The van der Waals surface area contributed by atoms with Gasteiger partial charge in [0.2, 0.25) is 0 Å². The molecule has 0 aromatic carbocycles. The van der Waals surface area contributed by atoms with E-state index in [4.69, 9.17) is 22.9 Å². The third-order valence-corrected chi connectivity index (χ3v) is 3.57. The van der Waals surface area contributed by atoms with Gasteiger partial charge in [-0.3, -0.25) is 0 Å². The summed E-state index contributed by atoms with van der Waals surface area (Å²) < 4.78 is 0. The lowest BCUT2D eigenvalue weighted by Gasteiger charge is -2.04. The fourth-order valence-corrected chi connectivity index (χ4v) is 2.48. The number of thioether (sulfide) groups is 2. The summed E-state index contributed by atoms with van der Waals surface area (Å²) in [6.45, 7) is 0.673. The predicted molar refractivity (Wildman–Crippen MR) is 63.7 cm³/mol. The lowest BCUT2D eigenvalue weighted by atomic mass is 10.5. The second kappa shape index (κ2) is 5.28. The molecule has 14 heavy (non-hydrogen) atoms. The van der Waals surface area contributed by atoms with E-state index in [9.17, 15) is 0 Å². The summed E-state index contributed by atoms with van der Waals surface area (Å²) in [4.78, 5) is 0. The van der Waals surface area contributed by atoms with Crippen LogP contribution in [0.2, 0.25) is 0 Å². The maximum atomic E-state index is 5.78. The van der Waals surface area contributed by atoms with Crippen molar-refractivity contribution >= 4 is 23.5 Å². The largest absolute Gasteiger partial charge is 0.392 e. The Morgan fingerprint density at radius 3 is 2.64 bits per heavy atom. The molecule has 1 heterocycles. The van der Waals surface area contributed by atoms with Gasteiger partial charge < -0.3 is 28.3 Å². The van der Waals surface area contributed by atoms with Crippen LogP contribution in [0.4, 0.5) is 0 Å². The van der Waals surface area contributed by atoms with Gasteiger partial charge in [-0.1, -0.05) is 0 Å². The van der Waals surface area contributed by atoms with Gasteiger partial charge in [0.15, 0.2) is 0 Å². The summed E-state index contributed by atoms with van der Waals surface area (Å²) in [5, 5.41) is 4.55. The smallest absolute Gasteiger partial charge is 0.125 e. The topological polar surface area (TPSA) is 116 Å². The van der Waals surface area contributed by atoms with Crippen LogP contribution in [0.3, 0.4) is 0 Å². The van der Waals surface area contributed by atoms with E-state index in [0.29, 0.717) is 6.54 Å². The number of hydrogen-bond donors (Lipinski definition) is 5. The van der Waals surface area contributed by atoms with Crippen molar-refractivity contribution in [2.24, 2.45) is 22.9 Å². The van der Waals surface area contributed by atoms with Crippen LogP contribution in [0.15, 0.2) is 21.6 Å². The first-order chi connectivity index (χ1) is 6.65. The van der Waals surface area contributed by atoms with E-state index in [0.717, 1.165) is 27.3 Å². The number of nitrogens with two attached hydrogens (primary N) is 4. The normalized spacial score (nSPS) is 15.9. The maximum absolute atomic E-state index is 5.78. The predicted octanol–water partition coefficient (Wildman–Crippen LogP) is -0.813. The van der Waals surface area contributed by atoms with E-state index < -0.39 is 0 Å². The van der Waals surface area contributed by atoms with Gasteiger partial charge in [-0.25, -0.2) is 0 Å². The molecule has 9 N–H and O–H groups in total. The van der Waals surface area contributed by atoms with Crippen molar-refractivity contribution in [1.29, 1.82) is 0 Å². The molecule has 0 atom stereocenters. The molecule has 0 radical (unpaired) electrons. The van der Waals surface area contributed by atoms with E-state index in [1.165, 1.54) is 11.8 Å². The van der Waals surface area contributed by atoms with Crippen LogP contribution in [0.5, 0.6) is 0 Å². The molecular weight excluding hydrogens is 218 g/mol. The second-order valence-electron chi connectivity index (χ2n) is 2.70. The van der Waals surface area contributed by atoms with Gasteiger partial charge in [0.05, 0.1) is 10.7 Å². The molecule has 0 amide bonds. The zero-order valence-electron chi connectivity index (χ0n) is 7.75. The number of hydrogen-bond acceptors (Lipinski definition) is 7. The Morgan fingerprint density at radius 1 is 1.43 bits per heavy atom. The fourth-order valence-electron chi connectivity index (χ4n) is 0.892. The van der Waals surface area contributed by atoms with Crippen molar-refractivity contribution in [2.45, 2.75) is 0 Å². The highest BCUT2D eigenvalue weighted by atomic mass is 32.2. The van der Waals surface area contributed by atoms with Crippen LogP contribution in [0.1, 0.15) is 0 Å². The summed E-state index contributed by atoms with van der Waals surface area (Å²) in [5.74, 6) is 2.00. The highest BCUT2D eigenvalue weighted by Gasteiger charge is 2.18. The Hall–Kier alpha value is -0.660. The van der Waals surface area contributed by atoms with Gasteiger partial charge in [-0.2, -0.15) is 11.8 Å². The first-order valence-electron chi connectivity index (χ1n) is 4.11. The summed E-state index contributed by atoms with van der Waals surface area (Å²) in [7, 11) is 0. The minimum absolute atomic E-state index is 0.275. The highest BCUT2D eigenvalue weighted by molar-refractivity contribution is 8.07. The van der Waals surface area contributed by atoms with E-state index >= 15 is 0 Å². The summed E-state index contributed by atoms with van der Waals surface area (Å²) in [6, 6.07) is 0. The quantitative estimate of drug-likeness (QED) is 0.403. The first-order valence-corrected chi connectivity index (χ1v) is 6.08. The van der Waals surface area contributed by atoms with Crippen molar-refractivity contribution in [3.8, 4) is 0 Å². The summed E-state index contributed by atoms with van der Waals surface area (Å²) >= 11 is 3.10. The van der Waals surface area contributed by atoms with Gasteiger partial charge in [0, 0.05) is 18.1 Å². The summed E-state index contributed by atoms with van der Waals surface area (Å²) in [5.41, 5.74) is 23.0. The number of nitrogens with one attached hydrogen (secondary N) is 1. The van der Waals surface area contributed by atoms with E-state index in [2.05, 4.69) is 5.32 Å². The van der Waals surface area contributed by atoms with Crippen molar-refractivity contribution < 1.29 is 0 Å². The third-order valence-electron chi connectivity index (χ3n) is 1.54. The van der Waals surface area contributed by atoms with E-state index in [1.807, 2.05) is 0 Å². The lowest BCUT2D eigenvalue weighted by Crippen LogP contribution is -2.18. The monoisotopic (exact) mass is 233 g/mol. The average molecular weight is 233 g/mol. The molecule has 5 nitrogen and oxygen atoms in total. The molecule has 1 aliphatic heterocycles. The highest BCUT2D eigenvalue weighted by Crippen LogP contribution is 2.30. The summed E-state index contributed by atoms with van der Waals surface area (Å²) in [6.07, 6.45) is 0. The second-order valence-corrected chi connectivity index (χ2v) is 4.85. The lowest BCUT2D eigenvalue weighted by molar-refractivity contribution is 1.01. The van der Waals surface area contributed by atoms with Crippen LogP contribution < -0.4 is 28.3 Å². The Bertz CT molecular complexity index is 269. The number of rotatable bonds is 4. The average Bonchev–Trinajstić information content (AvgIpc) is 2.49. The van der Waals surface area contributed by atoms with E-state index in [-0.39, 0.29) is 5.82 Å². The molecule has 0 spiro atoms.